The second kappa shape index (κ2) is 13.1. The third kappa shape index (κ3) is 7.10. The highest BCUT2D eigenvalue weighted by Gasteiger charge is 2.22. The summed E-state index contributed by atoms with van der Waals surface area (Å²) in [5.74, 6) is 0.446. The molecule has 0 atom stereocenters. The average Bonchev–Trinajstić information content (AvgIpc) is 2.96. The third-order valence-electron chi connectivity index (χ3n) is 6.46. The standard InChI is InChI=1S/C30H34N4O3S/c1-3-20-37-27-7-5-6-24(21-27)28(35)32-30(38)31-25-12-14-26(15-13-25)33-16-18-34(19-17-33)29(36)23-10-8-22(4-2)9-11-23/h5-15,21H,3-4,16-20H2,1-2H3,(H2,31,32,35,38). The molecule has 4 rings (SSSR count). The fourth-order valence-corrected chi connectivity index (χ4v) is 4.48. The molecule has 0 aromatic heterocycles. The molecular weight excluding hydrogens is 496 g/mol. The molecule has 198 valence electrons. The number of anilines is 2. The van der Waals surface area contributed by atoms with E-state index in [0.29, 0.717) is 31.0 Å². The molecule has 3 aromatic carbocycles. The van der Waals surface area contributed by atoms with Crippen LogP contribution in [-0.4, -0.2) is 54.6 Å². The van der Waals surface area contributed by atoms with Crippen molar-refractivity contribution in [1.29, 1.82) is 0 Å². The van der Waals surface area contributed by atoms with Gasteiger partial charge in [0.15, 0.2) is 5.11 Å². The Bertz CT molecular complexity index is 1250. The molecular formula is C30H34N4O3S. The molecule has 0 bridgehead atoms. The van der Waals surface area contributed by atoms with Gasteiger partial charge in [-0.2, -0.15) is 0 Å². The van der Waals surface area contributed by atoms with E-state index in [1.165, 1.54) is 5.56 Å². The summed E-state index contributed by atoms with van der Waals surface area (Å²) in [7, 11) is 0. The van der Waals surface area contributed by atoms with E-state index in [2.05, 4.69) is 22.5 Å². The summed E-state index contributed by atoms with van der Waals surface area (Å²) < 4.78 is 5.60. The van der Waals surface area contributed by atoms with Gasteiger partial charge in [-0.15, -0.1) is 0 Å². The van der Waals surface area contributed by atoms with Crippen molar-refractivity contribution in [2.75, 3.05) is 43.0 Å². The number of nitrogens with zero attached hydrogens (tertiary/aromatic N) is 2. The Balaban J connectivity index is 1.26. The van der Waals surface area contributed by atoms with E-state index in [1.807, 2.05) is 66.4 Å². The van der Waals surface area contributed by atoms with Crippen molar-refractivity contribution in [1.82, 2.24) is 10.2 Å². The van der Waals surface area contributed by atoms with Crippen LogP contribution in [0, 0.1) is 0 Å². The van der Waals surface area contributed by atoms with Crippen molar-refractivity contribution in [2.24, 2.45) is 0 Å². The van der Waals surface area contributed by atoms with Crippen molar-refractivity contribution >= 4 is 40.5 Å². The predicted molar refractivity (Wildman–Crippen MR) is 156 cm³/mol. The van der Waals surface area contributed by atoms with Crippen molar-refractivity contribution in [3.8, 4) is 5.75 Å². The number of hydrogen-bond donors (Lipinski definition) is 2. The topological polar surface area (TPSA) is 73.9 Å². The Hall–Kier alpha value is -3.91. The lowest BCUT2D eigenvalue weighted by Gasteiger charge is -2.36. The number of benzene rings is 3. The first-order valence-corrected chi connectivity index (χ1v) is 13.5. The SMILES string of the molecule is CCCOc1cccc(C(=O)NC(=S)Nc2ccc(N3CCN(C(=O)c4ccc(CC)cc4)CC3)cc2)c1. The highest BCUT2D eigenvalue weighted by molar-refractivity contribution is 7.80. The first-order valence-electron chi connectivity index (χ1n) is 13.0. The summed E-state index contributed by atoms with van der Waals surface area (Å²) in [4.78, 5) is 29.6. The molecule has 8 heteroatoms. The Morgan fingerprint density at radius 1 is 0.895 bits per heavy atom. The van der Waals surface area contributed by atoms with Crippen molar-refractivity contribution in [2.45, 2.75) is 26.7 Å². The maximum absolute atomic E-state index is 12.9. The summed E-state index contributed by atoms with van der Waals surface area (Å²) in [6.45, 7) is 7.62. The van der Waals surface area contributed by atoms with E-state index in [4.69, 9.17) is 17.0 Å². The van der Waals surface area contributed by atoms with Crippen LogP contribution in [0.5, 0.6) is 5.75 Å². The Labute approximate surface area is 229 Å². The highest BCUT2D eigenvalue weighted by Crippen LogP contribution is 2.21. The molecule has 0 unspecified atom stereocenters. The number of hydrogen-bond acceptors (Lipinski definition) is 5. The van der Waals surface area contributed by atoms with Crippen LogP contribution < -0.4 is 20.3 Å². The minimum absolute atomic E-state index is 0.0858. The molecule has 1 aliphatic rings. The second-order valence-electron chi connectivity index (χ2n) is 9.16. The summed E-state index contributed by atoms with van der Waals surface area (Å²) in [6.07, 6.45) is 1.86. The maximum atomic E-state index is 12.9. The number of amides is 2. The van der Waals surface area contributed by atoms with E-state index >= 15 is 0 Å². The molecule has 7 nitrogen and oxygen atoms in total. The first kappa shape index (κ1) is 27.1. The molecule has 0 spiro atoms. The van der Waals surface area contributed by atoms with Gasteiger partial charge in [0, 0.05) is 48.7 Å². The lowest BCUT2D eigenvalue weighted by Crippen LogP contribution is -2.48. The zero-order valence-electron chi connectivity index (χ0n) is 21.9. The van der Waals surface area contributed by atoms with Gasteiger partial charge >= 0.3 is 0 Å². The molecule has 2 N–H and O–H groups in total. The Morgan fingerprint density at radius 3 is 2.26 bits per heavy atom. The average molecular weight is 531 g/mol. The number of carbonyl (C=O) groups excluding carboxylic acids is 2. The van der Waals surface area contributed by atoms with E-state index in [-0.39, 0.29) is 16.9 Å². The smallest absolute Gasteiger partial charge is 0.257 e. The largest absolute Gasteiger partial charge is 0.494 e. The van der Waals surface area contributed by atoms with E-state index in [9.17, 15) is 9.59 Å². The van der Waals surface area contributed by atoms with Gasteiger partial charge in [0.25, 0.3) is 11.8 Å². The fraction of sp³-hybridized carbons (Fsp3) is 0.300. The predicted octanol–water partition coefficient (Wildman–Crippen LogP) is 5.13. The molecule has 38 heavy (non-hydrogen) atoms. The normalized spacial score (nSPS) is 13.1. The van der Waals surface area contributed by atoms with Crippen LogP contribution in [-0.2, 0) is 6.42 Å². The zero-order valence-corrected chi connectivity index (χ0v) is 22.7. The van der Waals surface area contributed by atoms with E-state index < -0.39 is 0 Å². The monoisotopic (exact) mass is 530 g/mol. The maximum Gasteiger partial charge on any atom is 0.257 e. The van der Waals surface area contributed by atoms with Crippen LogP contribution in [0.25, 0.3) is 0 Å². The van der Waals surface area contributed by atoms with Gasteiger partial charge in [0.05, 0.1) is 6.61 Å². The summed E-state index contributed by atoms with van der Waals surface area (Å²) in [5, 5.41) is 6.01. The summed E-state index contributed by atoms with van der Waals surface area (Å²) in [5.41, 5.74) is 4.31. The van der Waals surface area contributed by atoms with Gasteiger partial charge in [-0.05, 0) is 85.2 Å². The van der Waals surface area contributed by atoms with Crippen LogP contribution in [0.1, 0.15) is 46.5 Å². The highest BCUT2D eigenvalue weighted by atomic mass is 32.1. The van der Waals surface area contributed by atoms with Crippen molar-refractivity contribution in [3.05, 3.63) is 89.5 Å². The number of ether oxygens (including phenoxy) is 1. The first-order chi connectivity index (χ1) is 18.5. The summed E-state index contributed by atoms with van der Waals surface area (Å²) in [6, 6.07) is 22.8. The number of nitrogens with one attached hydrogen (secondary N) is 2. The molecule has 3 aromatic rings. The Morgan fingerprint density at radius 2 is 1.61 bits per heavy atom. The van der Waals surface area contributed by atoms with Crippen molar-refractivity contribution < 1.29 is 14.3 Å². The molecule has 1 fully saturated rings. The molecule has 0 radical (unpaired) electrons. The lowest BCUT2D eigenvalue weighted by atomic mass is 10.1. The minimum Gasteiger partial charge on any atom is -0.494 e. The van der Waals surface area contributed by atoms with E-state index in [0.717, 1.165) is 42.9 Å². The van der Waals surface area contributed by atoms with E-state index in [1.54, 1.807) is 18.2 Å². The number of rotatable bonds is 8. The number of piperazine rings is 1. The number of thiocarbonyl (C=S) groups is 1. The van der Waals surface area contributed by atoms with Crippen LogP contribution in [0.3, 0.4) is 0 Å². The lowest BCUT2D eigenvalue weighted by molar-refractivity contribution is 0.0746. The Kier molecular flexibility index (Phi) is 9.32. The molecule has 0 aliphatic carbocycles. The van der Waals surface area contributed by atoms with Crippen LogP contribution >= 0.6 is 12.2 Å². The number of carbonyl (C=O) groups is 2. The van der Waals surface area contributed by atoms with Gasteiger partial charge in [0.2, 0.25) is 0 Å². The van der Waals surface area contributed by atoms with Crippen LogP contribution in [0.2, 0.25) is 0 Å². The quantitative estimate of drug-likeness (QED) is 0.394. The second-order valence-corrected chi connectivity index (χ2v) is 9.57. The van der Waals surface area contributed by atoms with Crippen LogP contribution in [0.4, 0.5) is 11.4 Å². The molecule has 1 saturated heterocycles. The fourth-order valence-electron chi connectivity index (χ4n) is 4.27. The number of aryl methyl sites for hydroxylation is 1. The van der Waals surface area contributed by atoms with Gasteiger partial charge in [-0.3, -0.25) is 14.9 Å². The van der Waals surface area contributed by atoms with Gasteiger partial charge in [0.1, 0.15) is 5.75 Å². The van der Waals surface area contributed by atoms with Gasteiger partial charge in [-0.1, -0.05) is 32.0 Å². The molecule has 1 heterocycles. The summed E-state index contributed by atoms with van der Waals surface area (Å²) >= 11 is 5.34. The molecule has 0 saturated carbocycles. The molecule has 2 amide bonds. The van der Waals surface area contributed by atoms with Crippen LogP contribution in [0.15, 0.2) is 72.8 Å². The zero-order chi connectivity index (χ0) is 26.9. The van der Waals surface area contributed by atoms with Gasteiger partial charge < -0.3 is 19.9 Å². The van der Waals surface area contributed by atoms with Crippen molar-refractivity contribution in [3.63, 3.8) is 0 Å². The van der Waals surface area contributed by atoms with Gasteiger partial charge in [-0.25, -0.2) is 0 Å². The molecule has 1 aliphatic heterocycles. The minimum atomic E-state index is -0.296. The third-order valence-corrected chi connectivity index (χ3v) is 6.67.